The average molecular weight is 479 g/mol. The lowest BCUT2D eigenvalue weighted by Crippen LogP contribution is -2.27. The van der Waals surface area contributed by atoms with Crippen molar-refractivity contribution in [3.05, 3.63) is 0 Å². The monoisotopic (exact) mass is 478 g/mol. The van der Waals surface area contributed by atoms with Gasteiger partial charge in [0, 0.05) is 0 Å². The van der Waals surface area contributed by atoms with E-state index in [9.17, 15) is 9.59 Å². The Kier molecular flexibility index (Phi) is 20.5. The summed E-state index contributed by atoms with van der Waals surface area (Å²) in [6.07, 6.45) is 3.83. The Hall–Kier alpha value is -1.26. The van der Waals surface area contributed by atoms with Crippen molar-refractivity contribution in [3.8, 4) is 0 Å². The minimum Gasteiger partial charge on any atom is -0.463 e. The van der Waals surface area contributed by atoms with Crippen molar-refractivity contribution in [1.82, 2.24) is 0 Å². The number of unbranched alkanes of at least 4 members (excludes halogenated alkanes) is 1. The Morgan fingerprint density at radius 1 is 0.697 bits per heavy atom. The van der Waals surface area contributed by atoms with Crippen molar-refractivity contribution >= 4 is 11.9 Å². The van der Waals surface area contributed by atoms with Crippen LogP contribution in [0.4, 0.5) is 0 Å². The molecular weight excluding hydrogens is 432 g/mol. The molecule has 0 aliphatic heterocycles. The molecule has 196 valence electrons. The lowest BCUT2D eigenvalue weighted by molar-refractivity contribution is -0.160. The lowest BCUT2D eigenvalue weighted by Gasteiger charge is -2.19. The molecule has 0 aliphatic carbocycles. The quantitative estimate of drug-likeness (QED) is 0.172. The molecule has 0 fully saturated rings. The van der Waals surface area contributed by atoms with Crippen molar-refractivity contribution in [2.45, 2.75) is 65.9 Å². The second-order valence-corrected chi connectivity index (χ2v) is 8.50. The van der Waals surface area contributed by atoms with Gasteiger partial charge in [0.1, 0.15) is 18.8 Å². The molecule has 0 aromatic rings. The topological polar surface area (TPSA) is 98.8 Å². The van der Waals surface area contributed by atoms with Crippen LogP contribution in [0.25, 0.3) is 0 Å². The van der Waals surface area contributed by atoms with Gasteiger partial charge < -0.3 is 33.2 Å². The highest BCUT2D eigenvalue weighted by molar-refractivity contribution is 5.72. The molecule has 0 aromatic heterocycles. The highest BCUT2D eigenvalue weighted by atomic mass is 16.6. The largest absolute Gasteiger partial charge is 0.463 e. The predicted octanol–water partition coefficient (Wildman–Crippen LogP) is 3.17. The summed E-state index contributed by atoms with van der Waals surface area (Å²) in [7, 11) is 0. The molecular formula is C24H46O9. The normalized spacial score (nSPS) is 12.5. The van der Waals surface area contributed by atoms with Crippen molar-refractivity contribution in [1.29, 1.82) is 0 Å². The molecule has 0 spiro atoms. The van der Waals surface area contributed by atoms with E-state index in [0.717, 1.165) is 25.7 Å². The number of rotatable bonds is 22. The molecule has 0 saturated carbocycles. The van der Waals surface area contributed by atoms with Gasteiger partial charge in [0.2, 0.25) is 0 Å². The maximum absolute atomic E-state index is 11.9. The summed E-state index contributed by atoms with van der Waals surface area (Å²) in [6, 6.07) is 0. The van der Waals surface area contributed by atoms with Crippen molar-refractivity contribution in [3.63, 3.8) is 0 Å². The summed E-state index contributed by atoms with van der Waals surface area (Å²) in [4.78, 5) is 23.4. The zero-order valence-electron chi connectivity index (χ0n) is 21.4. The summed E-state index contributed by atoms with van der Waals surface area (Å²) in [5.74, 6) is -0.515. The number of esters is 2. The molecule has 0 radical (unpaired) electrons. The minimum absolute atomic E-state index is 0.00354. The fourth-order valence-corrected chi connectivity index (χ4v) is 2.66. The van der Waals surface area contributed by atoms with E-state index in [0.29, 0.717) is 59.5 Å². The van der Waals surface area contributed by atoms with Crippen LogP contribution in [0.2, 0.25) is 0 Å². The summed E-state index contributed by atoms with van der Waals surface area (Å²) in [5, 5.41) is 0. The first-order chi connectivity index (χ1) is 15.8. The third kappa shape index (κ3) is 22.3. The Balaban J connectivity index is 3.31. The summed E-state index contributed by atoms with van der Waals surface area (Å²) in [6.45, 7) is 13.5. The lowest BCUT2D eigenvalue weighted by atomic mass is 10.00. The van der Waals surface area contributed by atoms with Crippen LogP contribution < -0.4 is 0 Å². The second kappa shape index (κ2) is 21.3. The molecule has 0 amide bonds. The molecule has 1 atom stereocenters. The van der Waals surface area contributed by atoms with Gasteiger partial charge in [0.15, 0.2) is 0 Å². The third-order valence-electron chi connectivity index (χ3n) is 4.33. The van der Waals surface area contributed by atoms with Gasteiger partial charge in [-0.15, -0.1) is 0 Å². The Bertz CT molecular complexity index is 477. The fraction of sp³-hybridized carbons (Fsp3) is 0.917. The molecule has 9 nitrogen and oxygen atoms in total. The van der Waals surface area contributed by atoms with E-state index in [2.05, 4.69) is 6.92 Å². The third-order valence-corrected chi connectivity index (χ3v) is 4.33. The van der Waals surface area contributed by atoms with Crippen molar-refractivity contribution in [2.75, 3.05) is 72.7 Å². The molecule has 33 heavy (non-hydrogen) atoms. The van der Waals surface area contributed by atoms with Crippen molar-refractivity contribution in [2.24, 2.45) is 5.92 Å². The van der Waals surface area contributed by atoms with Crippen LogP contribution in [-0.4, -0.2) is 90.2 Å². The zero-order chi connectivity index (χ0) is 24.8. The van der Waals surface area contributed by atoms with Crippen LogP contribution >= 0.6 is 0 Å². The van der Waals surface area contributed by atoms with Crippen LogP contribution in [0.3, 0.4) is 0 Å². The summed E-state index contributed by atoms with van der Waals surface area (Å²) >= 11 is 0. The standard InChI is InChI=1S/C24H46O9/c1-6-8-9-21(7-2)23(26)32-19-18-30-15-14-28-11-10-27-12-13-29-16-17-31-20-22(25)33-24(3,4)5/h21H,6-20H2,1-5H3. The number of carbonyl (C=O) groups is 2. The van der Waals surface area contributed by atoms with Gasteiger partial charge in [-0.2, -0.15) is 0 Å². The van der Waals surface area contributed by atoms with Gasteiger partial charge in [-0.25, -0.2) is 4.79 Å². The molecule has 0 saturated heterocycles. The van der Waals surface area contributed by atoms with Gasteiger partial charge in [-0.05, 0) is 33.6 Å². The highest BCUT2D eigenvalue weighted by Crippen LogP contribution is 2.14. The Labute approximate surface area is 199 Å². The van der Waals surface area contributed by atoms with Gasteiger partial charge in [-0.1, -0.05) is 26.7 Å². The molecule has 0 heterocycles. The van der Waals surface area contributed by atoms with E-state index in [1.165, 1.54) is 0 Å². The van der Waals surface area contributed by atoms with Crippen LogP contribution in [-0.2, 0) is 42.7 Å². The van der Waals surface area contributed by atoms with Crippen LogP contribution in [0.1, 0.15) is 60.3 Å². The maximum atomic E-state index is 11.9. The molecule has 0 aromatic carbocycles. The van der Waals surface area contributed by atoms with E-state index in [-0.39, 0.29) is 31.1 Å². The SMILES string of the molecule is CCCCC(CC)C(=O)OCCOCCOCCOCCOCCOCC(=O)OC(C)(C)C. The minimum atomic E-state index is -0.507. The van der Waals surface area contributed by atoms with Crippen LogP contribution in [0.15, 0.2) is 0 Å². The van der Waals surface area contributed by atoms with Gasteiger partial charge in [0.25, 0.3) is 0 Å². The number of hydrogen-bond acceptors (Lipinski definition) is 9. The molecule has 0 aliphatic rings. The van der Waals surface area contributed by atoms with E-state index in [1.807, 2.05) is 27.7 Å². The van der Waals surface area contributed by atoms with Crippen LogP contribution in [0, 0.1) is 5.92 Å². The smallest absolute Gasteiger partial charge is 0.332 e. The summed E-state index contributed by atoms with van der Waals surface area (Å²) < 4.78 is 37.2. The van der Waals surface area contributed by atoms with Crippen LogP contribution in [0.5, 0.6) is 0 Å². The Morgan fingerprint density at radius 2 is 1.15 bits per heavy atom. The van der Waals surface area contributed by atoms with E-state index in [1.54, 1.807) is 0 Å². The van der Waals surface area contributed by atoms with E-state index < -0.39 is 5.60 Å². The molecule has 0 rings (SSSR count). The van der Waals surface area contributed by atoms with Gasteiger partial charge in [0.05, 0.1) is 65.4 Å². The number of carbonyl (C=O) groups excluding carboxylic acids is 2. The average Bonchev–Trinajstić information content (AvgIpc) is 2.75. The molecule has 1 unspecified atom stereocenters. The predicted molar refractivity (Wildman–Crippen MR) is 124 cm³/mol. The number of ether oxygens (including phenoxy) is 7. The van der Waals surface area contributed by atoms with Crippen molar-refractivity contribution < 1.29 is 42.7 Å². The van der Waals surface area contributed by atoms with Gasteiger partial charge >= 0.3 is 11.9 Å². The number of hydrogen-bond donors (Lipinski definition) is 0. The zero-order valence-corrected chi connectivity index (χ0v) is 21.4. The maximum Gasteiger partial charge on any atom is 0.332 e. The highest BCUT2D eigenvalue weighted by Gasteiger charge is 2.17. The molecule has 9 heteroatoms. The van der Waals surface area contributed by atoms with E-state index >= 15 is 0 Å². The fourth-order valence-electron chi connectivity index (χ4n) is 2.66. The first-order valence-corrected chi connectivity index (χ1v) is 12.1. The molecule has 0 N–H and O–H groups in total. The first-order valence-electron chi connectivity index (χ1n) is 12.1. The van der Waals surface area contributed by atoms with Gasteiger partial charge in [-0.3, -0.25) is 4.79 Å². The molecule has 0 bridgehead atoms. The second-order valence-electron chi connectivity index (χ2n) is 8.50. The van der Waals surface area contributed by atoms with E-state index in [4.69, 9.17) is 33.2 Å². The Morgan fingerprint density at radius 3 is 1.58 bits per heavy atom. The summed E-state index contributed by atoms with van der Waals surface area (Å²) in [5.41, 5.74) is -0.507. The first kappa shape index (κ1) is 31.7.